The largest absolute Gasteiger partial charge is 0.340 e. The Kier molecular flexibility index (Phi) is 13.6. The fourth-order valence-electron chi connectivity index (χ4n) is 6.08. The van der Waals surface area contributed by atoms with E-state index in [9.17, 15) is 0 Å². The summed E-state index contributed by atoms with van der Waals surface area (Å²) < 4.78 is 3.73. The van der Waals surface area contributed by atoms with E-state index in [1.54, 1.807) is 0 Å². The first-order valence-electron chi connectivity index (χ1n) is 15.9. The number of fused-ring (bicyclic) bond motifs is 3. The van der Waals surface area contributed by atoms with Crippen molar-refractivity contribution in [1.29, 1.82) is 0 Å². The van der Waals surface area contributed by atoms with Crippen LogP contribution in [0.1, 0.15) is 116 Å². The Hall–Kier alpha value is -1.80. The number of nitrogens with zero attached hydrogens (tertiary/aromatic N) is 2. The standard InChI is InChI=1S/C35H57N2/c1-4-5-6-7-8-9-10-11-12-13-14-15-16-23-30-37(2,3)31-24-17-22-29-36-34-27-20-18-25-32(34)33-26-19-21-28-35(33)36/h18-21,25-28H,4-17,22-24,29-31H2,1-3H3/q+1. The molecule has 3 aromatic rings. The molecule has 1 heterocycles. The molecule has 0 aliphatic rings. The van der Waals surface area contributed by atoms with E-state index in [0.29, 0.717) is 0 Å². The van der Waals surface area contributed by atoms with Gasteiger partial charge in [0.2, 0.25) is 0 Å². The molecule has 0 aliphatic carbocycles. The van der Waals surface area contributed by atoms with Crippen molar-refractivity contribution < 1.29 is 4.48 Å². The van der Waals surface area contributed by atoms with Crippen LogP contribution in [0.15, 0.2) is 48.5 Å². The lowest BCUT2D eigenvalue weighted by Gasteiger charge is -2.30. The van der Waals surface area contributed by atoms with Gasteiger partial charge in [0.25, 0.3) is 0 Å². The molecule has 3 rings (SSSR count). The zero-order valence-corrected chi connectivity index (χ0v) is 24.7. The summed E-state index contributed by atoms with van der Waals surface area (Å²) in [5, 5.41) is 2.79. The minimum atomic E-state index is 1.13. The van der Waals surface area contributed by atoms with Crippen molar-refractivity contribution >= 4 is 21.8 Å². The molecule has 0 saturated heterocycles. The van der Waals surface area contributed by atoms with Crippen molar-refractivity contribution in [2.75, 3.05) is 27.2 Å². The Morgan fingerprint density at radius 1 is 0.486 bits per heavy atom. The van der Waals surface area contributed by atoms with Gasteiger partial charge in [0, 0.05) is 28.4 Å². The molecule has 0 N–H and O–H groups in total. The molecule has 206 valence electrons. The number of unbranched alkanes of at least 4 members (excludes halogenated alkanes) is 15. The molecule has 0 bridgehead atoms. The first kappa shape index (κ1) is 29.8. The zero-order valence-electron chi connectivity index (χ0n) is 24.7. The fourth-order valence-corrected chi connectivity index (χ4v) is 6.08. The summed E-state index contributed by atoms with van der Waals surface area (Å²) in [6.45, 7) is 6.08. The van der Waals surface area contributed by atoms with Gasteiger partial charge in [-0.15, -0.1) is 0 Å². The molecule has 0 saturated carbocycles. The maximum atomic E-state index is 2.54. The summed E-state index contributed by atoms with van der Waals surface area (Å²) in [4.78, 5) is 0. The minimum absolute atomic E-state index is 1.13. The summed E-state index contributed by atoms with van der Waals surface area (Å²) in [5.41, 5.74) is 2.77. The molecule has 37 heavy (non-hydrogen) atoms. The second-order valence-electron chi connectivity index (χ2n) is 12.2. The highest BCUT2D eigenvalue weighted by atomic mass is 15.3. The number of quaternary nitrogens is 1. The topological polar surface area (TPSA) is 4.93 Å². The van der Waals surface area contributed by atoms with E-state index in [1.807, 2.05) is 0 Å². The molecule has 0 unspecified atom stereocenters. The van der Waals surface area contributed by atoms with Gasteiger partial charge in [-0.3, -0.25) is 0 Å². The number of hydrogen-bond donors (Lipinski definition) is 0. The molecule has 0 aliphatic heterocycles. The van der Waals surface area contributed by atoms with Gasteiger partial charge in [-0.25, -0.2) is 0 Å². The van der Waals surface area contributed by atoms with Gasteiger partial charge < -0.3 is 9.05 Å². The Bertz CT molecular complexity index is 946. The number of para-hydroxylation sites is 2. The molecule has 2 aromatic carbocycles. The summed E-state index contributed by atoms with van der Waals surface area (Å²) in [7, 11) is 4.88. The number of rotatable bonds is 21. The number of aryl methyl sites for hydroxylation is 1. The molecule has 0 atom stereocenters. The van der Waals surface area contributed by atoms with Crippen molar-refractivity contribution in [3.05, 3.63) is 48.5 Å². The van der Waals surface area contributed by atoms with Crippen LogP contribution in [0, 0.1) is 0 Å². The average molecular weight is 506 g/mol. The molecule has 2 heteroatoms. The first-order valence-corrected chi connectivity index (χ1v) is 15.9. The monoisotopic (exact) mass is 505 g/mol. The smallest absolute Gasteiger partial charge is 0.0782 e. The summed E-state index contributed by atoms with van der Waals surface area (Å²) in [6.07, 6.45) is 24.1. The molecular formula is C35H57N2+. The SMILES string of the molecule is CCCCCCCCCCCCCCCC[N+](C)(C)CCCCCn1c2ccccc2c2ccccc21. The van der Waals surface area contributed by atoms with Gasteiger partial charge in [0.1, 0.15) is 0 Å². The molecule has 0 amide bonds. The lowest BCUT2D eigenvalue weighted by molar-refractivity contribution is -0.890. The second kappa shape index (κ2) is 16.9. The van der Waals surface area contributed by atoms with Gasteiger partial charge in [-0.1, -0.05) is 120 Å². The van der Waals surface area contributed by atoms with Gasteiger partial charge >= 0.3 is 0 Å². The number of hydrogen-bond acceptors (Lipinski definition) is 0. The van der Waals surface area contributed by atoms with Crippen LogP contribution in [-0.2, 0) is 6.54 Å². The molecule has 1 aromatic heterocycles. The lowest BCUT2D eigenvalue weighted by Crippen LogP contribution is -2.41. The van der Waals surface area contributed by atoms with E-state index in [4.69, 9.17) is 0 Å². The van der Waals surface area contributed by atoms with Crippen LogP contribution in [0.5, 0.6) is 0 Å². The summed E-state index contributed by atoms with van der Waals surface area (Å²) in [5.74, 6) is 0. The highest BCUT2D eigenvalue weighted by molar-refractivity contribution is 6.07. The van der Waals surface area contributed by atoms with Gasteiger partial charge in [0.15, 0.2) is 0 Å². The van der Waals surface area contributed by atoms with E-state index in [-0.39, 0.29) is 0 Å². The van der Waals surface area contributed by atoms with E-state index in [2.05, 4.69) is 74.1 Å². The summed E-state index contributed by atoms with van der Waals surface area (Å²) in [6, 6.07) is 17.8. The van der Waals surface area contributed by atoms with Crippen molar-refractivity contribution in [2.24, 2.45) is 0 Å². The van der Waals surface area contributed by atoms with Crippen LogP contribution < -0.4 is 0 Å². The Morgan fingerprint density at radius 3 is 1.32 bits per heavy atom. The maximum absolute atomic E-state index is 2.54. The third-order valence-electron chi connectivity index (χ3n) is 8.44. The van der Waals surface area contributed by atoms with Crippen LogP contribution in [0.3, 0.4) is 0 Å². The van der Waals surface area contributed by atoms with Crippen LogP contribution in [0.25, 0.3) is 21.8 Å². The van der Waals surface area contributed by atoms with E-state index >= 15 is 0 Å². The third kappa shape index (κ3) is 10.5. The van der Waals surface area contributed by atoms with Gasteiger partial charge in [-0.2, -0.15) is 0 Å². The highest BCUT2D eigenvalue weighted by Crippen LogP contribution is 2.29. The maximum Gasteiger partial charge on any atom is 0.0782 e. The third-order valence-corrected chi connectivity index (χ3v) is 8.44. The Balaban J connectivity index is 1.20. The van der Waals surface area contributed by atoms with Crippen LogP contribution in [0.4, 0.5) is 0 Å². The van der Waals surface area contributed by atoms with Crippen molar-refractivity contribution in [3.63, 3.8) is 0 Å². The predicted octanol–water partition coefficient (Wildman–Crippen LogP) is 10.5. The molecule has 2 nitrogen and oxygen atoms in total. The van der Waals surface area contributed by atoms with E-state index in [1.165, 1.54) is 149 Å². The first-order chi connectivity index (χ1) is 18.1. The number of aromatic nitrogens is 1. The zero-order chi connectivity index (χ0) is 26.2. The van der Waals surface area contributed by atoms with Gasteiger partial charge in [-0.05, 0) is 44.2 Å². The van der Waals surface area contributed by atoms with Crippen LogP contribution in [-0.4, -0.2) is 36.2 Å². The van der Waals surface area contributed by atoms with Crippen LogP contribution in [0.2, 0.25) is 0 Å². The molecule has 0 spiro atoms. The molecule has 0 fully saturated rings. The van der Waals surface area contributed by atoms with Crippen molar-refractivity contribution in [1.82, 2.24) is 4.57 Å². The minimum Gasteiger partial charge on any atom is -0.340 e. The molecule has 0 radical (unpaired) electrons. The van der Waals surface area contributed by atoms with E-state index < -0.39 is 0 Å². The Morgan fingerprint density at radius 2 is 0.865 bits per heavy atom. The van der Waals surface area contributed by atoms with E-state index in [0.717, 1.165) is 6.54 Å². The van der Waals surface area contributed by atoms with Crippen molar-refractivity contribution in [2.45, 2.75) is 123 Å². The quantitative estimate of drug-likeness (QED) is 0.100. The average Bonchev–Trinajstić information content (AvgIpc) is 3.22. The summed E-state index contributed by atoms with van der Waals surface area (Å²) >= 11 is 0. The van der Waals surface area contributed by atoms with Gasteiger partial charge in [0.05, 0.1) is 27.2 Å². The number of benzene rings is 2. The molecular weight excluding hydrogens is 448 g/mol. The van der Waals surface area contributed by atoms with Crippen LogP contribution >= 0.6 is 0 Å². The fraction of sp³-hybridized carbons (Fsp3) is 0.657. The lowest BCUT2D eigenvalue weighted by atomic mass is 10.0. The predicted molar refractivity (Wildman–Crippen MR) is 165 cm³/mol. The highest BCUT2D eigenvalue weighted by Gasteiger charge is 2.14. The second-order valence-corrected chi connectivity index (χ2v) is 12.2. The normalized spacial score (nSPS) is 12.2. The van der Waals surface area contributed by atoms with Crippen molar-refractivity contribution in [3.8, 4) is 0 Å². The Labute approximate surface area is 229 Å².